The van der Waals surface area contributed by atoms with Crippen LogP contribution in [0.4, 0.5) is 4.39 Å². The molecule has 0 N–H and O–H groups in total. The summed E-state index contributed by atoms with van der Waals surface area (Å²) in [5.74, 6) is 1.64. The van der Waals surface area contributed by atoms with Gasteiger partial charge in [-0.25, -0.2) is 4.39 Å². The van der Waals surface area contributed by atoms with Gasteiger partial charge in [0.25, 0.3) is 0 Å². The molecule has 0 saturated heterocycles. The van der Waals surface area contributed by atoms with Gasteiger partial charge in [-0.1, -0.05) is 34.6 Å². The summed E-state index contributed by atoms with van der Waals surface area (Å²) < 4.78 is 14.0. The van der Waals surface area contributed by atoms with E-state index in [1.54, 1.807) is 0 Å². The van der Waals surface area contributed by atoms with Gasteiger partial charge in [-0.15, -0.1) is 0 Å². The van der Waals surface area contributed by atoms with Gasteiger partial charge in [-0.05, 0) is 55.3 Å². The van der Waals surface area contributed by atoms with Crippen molar-refractivity contribution in [1.82, 2.24) is 0 Å². The predicted octanol–water partition coefficient (Wildman–Crippen LogP) is 5.22. The topological polar surface area (TPSA) is 0 Å². The van der Waals surface area contributed by atoms with E-state index >= 15 is 0 Å². The smallest absolute Gasteiger partial charge is 0.103 e. The Labute approximate surface area is 101 Å². The van der Waals surface area contributed by atoms with Crippen molar-refractivity contribution in [1.29, 1.82) is 0 Å². The zero-order valence-electron chi connectivity index (χ0n) is 11.7. The van der Waals surface area contributed by atoms with Crippen molar-refractivity contribution < 1.29 is 4.39 Å². The third kappa shape index (κ3) is 4.07. The van der Waals surface area contributed by atoms with E-state index in [2.05, 4.69) is 34.6 Å². The van der Waals surface area contributed by atoms with Crippen LogP contribution < -0.4 is 0 Å². The fourth-order valence-electron chi connectivity index (χ4n) is 2.99. The van der Waals surface area contributed by atoms with Crippen molar-refractivity contribution in [3.05, 3.63) is 0 Å². The Hall–Kier alpha value is -0.0700. The number of rotatable bonds is 3. The lowest BCUT2D eigenvalue weighted by Crippen LogP contribution is -2.29. The summed E-state index contributed by atoms with van der Waals surface area (Å²) in [7, 11) is 0. The molecule has 0 aromatic carbocycles. The molecule has 96 valence electrons. The summed E-state index contributed by atoms with van der Waals surface area (Å²) in [4.78, 5) is 0. The highest BCUT2D eigenvalue weighted by atomic mass is 19.1. The van der Waals surface area contributed by atoms with Crippen LogP contribution in [0.1, 0.15) is 66.7 Å². The lowest BCUT2D eigenvalue weighted by atomic mass is 9.68. The van der Waals surface area contributed by atoms with E-state index in [1.165, 1.54) is 12.8 Å². The summed E-state index contributed by atoms with van der Waals surface area (Å²) in [5.41, 5.74) is 0.412. The van der Waals surface area contributed by atoms with Gasteiger partial charge in [0.15, 0.2) is 0 Å². The zero-order chi connectivity index (χ0) is 12.3. The van der Waals surface area contributed by atoms with E-state index < -0.39 is 6.17 Å². The highest BCUT2D eigenvalue weighted by molar-refractivity contribution is 4.83. The molecule has 1 aliphatic rings. The first kappa shape index (κ1) is 14.0. The van der Waals surface area contributed by atoms with Crippen molar-refractivity contribution in [2.24, 2.45) is 23.2 Å². The SMILES string of the molecule is CC(C)CC(F)C1CCC(C(C)(C)C)CC1. The van der Waals surface area contributed by atoms with Crippen molar-refractivity contribution in [3.8, 4) is 0 Å². The molecular formula is C15H29F. The Morgan fingerprint density at radius 2 is 1.56 bits per heavy atom. The summed E-state index contributed by atoms with van der Waals surface area (Å²) in [5, 5.41) is 0. The summed E-state index contributed by atoms with van der Waals surface area (Å²) in [6.07, 6.45) is 4.87. The first-order valence-electron chi connectivity index (χ1n) is 6.94. The van der Waals surface area contributed by atoms with Crippen molar-refractivity contribution in [2.75, 3.05) is 0 Å². The second-order valence-electron chi connectivity index (χ2n) is 7.12. The maximum Gasteiger partial charge on any atom is 0.103 e. The van der Waals surface area contributed by atoms with Crippen molar-refractivity contribution >= 4 is 0 Å². The van der Waals surface area contributed by atoms with Gasteiger partial charge in [-0.3, -0.25) is 0 Å². The summed E-state index contributed by atoms with van der Waals surface area (Å²) >= 11 is 0. The lowest BCUT2D eigenvalue weighted by Gasteiger charge is -2.38. The molecular weight excluding hydrogens is 199 g/mol. The third-order valence-corrected chi connectivity index (χ3v) is 4.20. The largest absolute Gasteiger partial charge is 0.247 e. The molecule has 0 amide bonds. The molecule has 1 unspecified atom stereocenters. The van der Waals surface area contributed by atoms with Gasteiger partial charge in [-0.2, -0.15) is 0 Å². The van der Waals surface area contributed by atoms with E-state index in [-0.39, 0.29) is 0 Å². The fraction of sp³-hybridized carbons (Fsp3) is 1.00. The van der Waals surface area contributed by atoms with E-state index in [4.69, 9.17) is 0 Å². The molecule has 0 aliphatic heterocycles. The number of halogens is 1. The van der Waals surface area contributed by atoms with Crippen LogP contribution in [0.2, 0.25) is 0 Å². The van der Waals surface area contributed by atoms with Crippen LogP contribution in [0.25, 0.3) is 0 Å². The molecule has 0 heterocycles. The van der Waals surface area contributed by atoms with Gasteiger partial charge in [0, 0.05) is 0 Å². The quantitative estimate of drug-likeness (QED) is 0.621. The molecule has 0 spiro atoms. The Morgan fingerprint density at radius 3 is 1.94 bits per heavy atom. The second-order valence-corrected chi connectivity index (χ2v) is 7.12. The molecule has 0 aromatic rings. The maximum atomic E-state index is 14.0. The Balaban J connectivity index is 2.37. The predicted molar refractivity (Wildman–Crippen MR) is 69.3 cm³/mol. The van der Waals surface area contributed by atoms with Crippen LogP contribution in [-0.2, 0) is 0 Å². The summed E-state index contributed by atoms with van der Waals surface area (Å²) in [6.45, 7) is 11.2. The van der Waals surface area contributed by atoms with Crippen LogP contribution in [0.5, 0.6) is 0 Å². The minimum Gasteiger partial charge on any atom is -0.247 e. The van der Waals surface area contributed by atoms with E-state index in [0.29, 0.717) is 17.3 Å². The van der Waals surface area contributed by atoms with Crippen molar-refractivity contribution in [3.63, 3.8) is 0 Å². The molecule has 1 rings (SSSR count). The molecule has 16 heavy (non-hydrogen) atoms. The van der Waals surface area contributed by atoms with E-state index in [0.717, 1.165) is 25.2 Å². The van der Waals surface area contributed by atoms with Crippen LogP contribution >= 0.6 is 0 Å². The zero-order valence-corrected chi connectivity index (χ0v) is 11.7. The van der Waals surface area contributed by atoms with Gasteiger partial charge >= 0.3 is 0 Å². The highest BCUT2D eigenvalue weighted by Gasteiger charge is 2.32. The number of alkyl halides is 1. The van der Waals surface area contributed by atoms with Crippen molar-refractivity contribution in [2.45, 2.75) is 72.9 Å². The van der Waals surface area contributed by atoms with Gasteiger partial charge < -0.3 is 0 Å². The Kier molecular flexibility index (Phi) is 4.82. The maximum absolute atomic E-state index is 14.0. The Morgan fingerprint density at radius 1 is 1.06 bits per heavy atom. The third-order valence-electron chi connectivity index (χ3n) is 4.20. The van der Waals surface area contributed by atoms with Crippen LogP contribution in [-0.4, -0.2) is 6.17 Å². The molecule has 1 saturated carbocycles. The minimum absolute atomic E-state index is 0.348. The van der Waals surface area contributed by atoms with Crippen LogP contribution in [0.15, 0.2) is 0 Å². The average molecular weight is 228 g/mol. The number of hydrogen-bond acceptors (Lipinski definition) is 0. The number of hydrogen-bond donors (Lipinski definition) is 0. The van der Waals surface area contributed by atoms with Gasteiger partial charge in [0.2, 0.25) is 0 Å². The molecule has 0 radical (unpaired) electrons. The molecule has 1 fully saturated rings. The molecule has 0 aromatic heterocycles. The standard InChI is InChI=1S/C15H29F/c1-11(2)10-14(16)12-6-8-13(9-7-12)15(3,4)5/h11-14H,6-10H2,1-5H3. The van der Waals surface area contributed by atoms with Crippen LogP contribution in [0, 0.1) is 23.2 Å². The first-order valence-corrected chi connectivity index (χ1v) is 6.94. The van der Waals surface area contributed by atoms with E-state index in [9.17, 15) is 4.39 Å². The van der Waals surface area contributed by atoms with Crippen LogP contribution in [0.3, 0.4) is 0 Å². The Bertz CT molecular complexity index is 194. The second kappa shape index (κ2) is 5.51. The van der Waals surface area contributed by atoms with E-state index in [1.807, 2.05) is 0 Å². The highest BCUT2D eigenvalue weighted by Crippen LogP contribution is 2.41. The normalized spacial score (nSPS) is 29.4. The molecule has 1 heteroatoms. The molecule has 0 nitrogen and oxygen atoms in total. The molecule has 0 bridgehead atoms. The fourth-order valence-corrected chi connectivity index (χ4v) is 2.99. The monoisotopic (exact) mass is 228 g/mol. The lowest BCUT2D eigenvalue weighted by molar-refractivity contribution is 0.0949. The molecule has 1 aliphatic carbocycles. The average Bonchev–Trinajstić information content (AvgIpc) is 2.15. The molecule has 1 atom stereocenters. The summed E-state index contributed by atoms with van der Waals surface area (Å²) in [6, 6.07) is 0. The first-order chi connectivity index (χ1) is 7.30. The van der Waals surface area contributed by atoms with Gasteiger partial charge in [0.1, 0.15) is 6.17 Å². The van der Waals surface area contributed by atoms with Gasteiger partial charge in [0.05, 0.1) is 0 Å². The minimum atomic E-state index is -0.555.